The molecule has 0 unspecified atom stereocenters. The van der Waals surface area contributed by atoms with Crippen molar-refractivity contribution in [1.29, 1.82) is 0 Å². The Hall–Kier alpha value is -1.46. The zero-order valence-corrected chi connectivity index (χ0v) is 16.9. The Morgan fingerprint density at radius 2 is 1.84 bits per heavy atom. The molecule has 5 nitrogen and oxygen atoms in total. The Balaban J connectivity index is 2.81. The number of halogens is 1. The van der Waals surface area contributed by atoms with Crippen LogP contribution >= 0.6 is 11.6 Å². The van der Waals surface area contributed by atoms with Crippen LogP contribution in [0.1, 0.15) is 47.1 Å². The summed E-state index contributed by atoms with van der Waals surface area (Å²) in [5.74, 6) is 1.45. The average Bonchev–Trinajstić information content (AvgIpc) is 2.46. The summed E-state index contributed by atoms with van der Waals surface area (Å²) in [7, 11) is 0. The normalized spacial score (nSPS) is 11.5. The molecule has 0 radical (unpaired) electrons. The van der Waals surface area contributed by atoms with Crippen molar-refractivity contribution in [3.63, 3.8) is 0 Å². The number of carbonyl (C=O) groups is 1. The summed E-state index contributed by atoms with van der Waals surface area (Å²) >= 11 is 6.36. The van der Waals surface area contributed by atoms with Gasteiger partial charge in [-0.1, -0.05) is 25.4 Å². The first-order chi connectivity index (χ1) is 11.6. The van der Waals surface area contributed by atoms with Gasteiger partial charge in [0, 0.05) is 23.2 Å². The monoisotopic (exact) mass is 370 g/mol. The molecule has 0 aliphatic rings. The molecule has 0 aliphatic heterocycles. The van der Waals surface area contributed by atoms with Crippen LogP contribution in [0.2, 0.25) is 5.02 Å². The molecule has 0 aliphatic carbocycles. The van der Waals surface area contributed by atoms with Gasteiger partial charge in [0.15, 0.2) is 18.1 Å². The maximum Gasteiger partial charge on any atom is 0.258 e. The second kappa shape index (κ2) is 9.88. The summed E-state index contributed by atoms with van der Waals surface area (Å²) in [6, 6.07) is 3.58. The highest BCUT2D eigenvalue weighted by molar-refractivity contribution is 6.31. The van der Waals surface area contributed by atoms with E-state index in [-0.39, 0.29) is 18.1 Å². The van der Waals surface area contributed by atoms with Gasteiger partial charge in [-0.05, 0) is 51.8 Å². The van der Waals surface area contributed by atoms with Crippen molar-refractivity contribution in [2.75, 3.05) is 19.8 Å². The van der Waals surface area contributed by atoms with Gasteiger partial charge < -0.3 is 20.1 Å². The minimum Gasteiger partial charge on any atom is -0.490 e. The summed E-state index contributed by atoms with van der Waals surface area (Å²) in [5.41, 5.74) is 0.643. The van der Waals surface area contributed by atoms with Gasteiger partial charge in [0.05, 0.1) is 6.61 Å². The Morgan fingerprint density at radius 1 is 1.20 bits per heavy atom. The molecule has 142 valence electrons. The summed E-state index contributed by atoms with van der Waals surface area (Å²) in [4.78, 5) is 11.9. The van der Waals surface area contributed by atoms with Crippen molar-refractivity contribution in [3.8, 4) is 11.5 Å². The molecule has 0 heterocycles. The fourth-order valence-corrected chi connectivity index (χ4v) is 2.41. The number of rotatable bonds is 9. The molecule has 1 rings (SSSR count). The Kier molecular flexibility index (Phi) is 8.53. The van der Waals surface area contributed by atoms with Gasteiger partial charge >= 0.3 is 0 Å². The van der Waals surface area contributed by atoms with Crippen molar-refractivity contribution in [1.82, 2.24) is 10.6 Å². The molecule has 0 saturated carbocycles. The van der Waals surface area contributed by atoms with Crippen LogP contribution in [0.15, 0.2) is 12.1 Å². The molecule has 0 bridgehead atoms. The van der Waals surface area contributed by atoms with Gasteiger partial charge in [0.2, 0.25) is 0 Å². The van der Waals surface area contributed by atoms with E-state index in [4.69, 9.17) is 21.1 Å². The van der Waals surface area contributed by atoms with E-state index in [2.05, 4.69) is 24.5 Å². The highest BCUT2D eigenvalue weighted by Crippen LogP contribution is 2.33. The second-order valence-corrected chi connectivity index (χ2v) is 7.84. The smallest absolute Gasteiger partial charge is 0.258 e. The Bertz CT molecular complexity index is 569. The summed E-state index contributed by atoms with van der Waals surface area (Å²) in [6.45, 7) is 14.0. The van der Waals surface area contributed by atoms with Gasteiger partial charge in [0.1, 0.15) is 0 Å². The number of benzene rings is 1. The molecule has 0 aromatic heterocycles. The van der Waals surface area contributed by atoms with Crippen LogP contribution in [0, 0.1) is 5.92 Å². The van der Waals surface area contributed by atoms with Gasteiger partial charge in [0.25, 0.3) is 5.91 Å². The maximum atomic E-state index is 11.9. The molecule has 1 aromatic rings. The predicted octanol–water partition coefficient (Wildman–Crippen LogP) is 3.78. The van der Waals surface area contributed by atoms with E-state index in [0.29, 0.717) is 35.6 Å². The molecule has 1 aromatic carbocycles. The largest absolute Gasteiger partial charge is 0.490 e. The van der Waals surface area contributed by atoms with Crippen LogP contribution in [0.5, 0.6) is 11.5 Å². The summed E-state index contributed by atoms with van der Waals surface area (Å²) in [5, 5.41) is 6.81. The Labute approximate surface area is 156 Å². The molecule has 2 N–H and O–H groups in total. The fourth-order valence-electron chi connectivity index (χ4n) is 2.19. The zero-order valence-electron chi connectivity index (χ0n) is 16.2. The van der Waals surface area contributed by atoms with Gasteiger partial charge in [-0.15, -0.1) is 0 Å². The first-order valence-corrected chi connectivity index (χ1v) is 9.10. The standard InChI is InChI=1S/C19H31ClN2O3/c1-7-24-16-8-14(11-21-10-13(2)3)15(20)9-17(16)25-12-18(23)22-19(4,5)6/h8-9,13,21H,7,10-12H2,1-6H3,(H,22,23). The van der Waals surface area contributed by atoms with Crippen LogP contribution < -0.4 is 20.1 Å². The first-order valence-electron chi connectivity index (χ1n) is 8.72. The molecular formula is C19H31ClN2O3. The summed E-state index contributed by atoms with van der Waals surface area (Å²) < 4.78 is 11.3. The molecule has 6 heteroatoms. The minimum absolute atomic E-state index is 0.0847. The SMILES string of the molecule is CCOc1cc(CNCC(C)C)c(Cl)cc1OCC(=O)NC(C)(C)C. The number of carbonyl (C=O) groups excluding carboxylic acids is 1. The molecule has 0 saturated heterocycles. The highest BCUT2D eigenvalue weighted by Gasteiger charge is 2.16. The maximum absolute atomic E-state index is 11.9. The third-order valence-corrected chi connectivity index (χ3v) is 3.51. The lowest BCUT2D eigenvalue weighted by Gasteiger charge is -2.21. The van der Waals surface area contributed by atoms with E-state index < -0.39 is 0 Å². The van der Waals surface area contributed by atoms with Crippen LogP contribution in [-0.2, 0) is 11.3 Å². The van der Waals surface area contributed by atoms with Crippen molar-refractivity contribution < 1.29 is 14.3 Å². The van der Waals surface area contributed by atoms with E-state index >= 15 is 0 Å². The lowest BCUT2D eigenvalue weighted by Crippen LogP contribution is -2.43. The van der Waals surface area contributed by atoms with Crippen LogP contribution in [0.4, 0.5) is 0 Å². The average molecular weight is 371 g/mol. The topological polar surface area (TPSA) is 59.6 Å². The lowest BCUT2D eigenvalue weighted by molar-refractivity contribution is -0.124. The van der Waals surface area contributed by atoms with Crippen LogP contribution in [0.25, 0.3) is 0 Å². The molecular weight excluding hydrogens is 340 g/mol. The van der Waals surface area contributed by atoms with E-state index in [1.165, 1.54) is 0 Å². The van der Waals surface area contributed by atoms with E-state index in [1.807, 2.05) is 33.8 Å². The number of amides is 1. The van der Waals surface area contributed by atoms with Gasteiger partial charge in [-0.3, -0.25) is 4.79 Å². The predicted molar refractivity (Wildman–Crippen MR) is 103 cm³/mol. The molecule has 1 amide bonds. The number of hydrogen-bond acceptors (Lipinski definition) is 4. The van der Waals surface area contributed by atoms with Crippen molar-refractivity contribution in [2.24, 2.45) is 5.92 Å². The van der Waals surface area contributed by atoms with E-state index in [0.717, 1.165) is 12.1 Å². The van der Waals surface area contributed by atoms with Crippen molar-refractivity contribution in [2.45, 2.75) is 53.6 Å². The summed E-state index contributed by atoms with van der Waals surface area (Å²) in [6.07, 6.45) is 0. The third-order valence-electron chi connectivity index (χ3n) is 3.15. The number of nitrogens with one attached hydrogen (secondary N) is 2. The third kappa shape index (κ3) is 8.45. The van der Waals surface area contributed by atoms with E-state index in [1.54, 1.807) is 6.07 Å². The fraction of sp³-hybridized carbons (Fsp3) is 0.632. The second-order valence-electron chi connectivity index (χ2n) is 7.43. The number of hydrogen-bond donors (Lipinski definition) is 2. The quantitative estimate of drug-likeness (QED) is 0.694. The van der Waals surface area contributed by atoms with E-state index in [9.17, 15) is 4.79 Å². The lowest BCUT2D eigenvalue weighted by atomic mass is 10.1. The van der Waals surface area contributed by atoms with Crippen molar-refractivity contribution in [3.05, 3.63) is 22.7 Å². The molecule has 0 atom stereocenters. The van der Waals surface area contributed by atoms with Gasteiger partial charge in [-0.2, -0.15) is 0 Å². The minimum atomic E-state index is -0.299. The van der Waals surface area contributed by atoms with Gasteiger partial charge in [-0.25, -0.2) is 0 Å². The molecule has 0 fully saturated rings. The molecule has 0 spiro atoms. The number of ether oxygens (including phenoxy) is 2. The first kappa shape index (κ1) is 21.6. The van der Waals surface area contributed by atoms with Crippen molar-refractivity contribution >= 4 is 17.5 Å². The zero-order chi connectivity index (χ0) is 19.0. The van der Waals surface area contributed by atoms with Crippen LogP contribution in [0.3, 0.4) is 0 Å². The molecule has 25 heavy (non-hydrogen) atoms. The van der Waals surface area contributed by atoms with Crippen LogP contribution in [-0.4, -0.2) is 31.2 Å². The highest BCUT2D eigenvalue weighted by atomic mass is 35.5. The Morgan fingerprint density at radius 3 is 2.40 bits per heavy atom.